The maximum Gasteiger partial charge on any atom is 0.228 e. The summed E-state index contributed by atoms with van der Waals surface area (Å²) < 4.78 is 15.5. The number of oxazole rings is 1. The summed E-state index contributed by atoms with van der Waals surface area (Å²) in [6, 6.07) is 55.6. The number of hydrogen-bond donors (Lipinski definition) is 0. The number of benzene rings is 8. The van der Waals surface area contributed by atoms with E-state index in [0.29, 0.717) is 5.89 Å². The third-order valence-electron chi connectivity index (χ3n) is 9.82. The molecule has 0 radical (unpaired) electrons. The molecular weight excluding hydrogens is 633 g/mol. The zero-order valence-electron chi connectivity index (χ0n) is 26.6. The Hall–Kier alpha value is -6.43. The maximum absolute atomic E-state index is 6.57. The molecule has 11 rings (SSSR count). The van der Waals surface area contributed by atoms with Crippen molar-refractivity contribution >= 4 is 103 Å². The molecule has 5 heteroatoms. The number of hydrogen-bond acceptors (Lipinski definition) is 5. The van der Waals surface area contributed by atoms with Gasteiger partial charge in [0.25, 0.3) is 0 Å². The molecule has 0 N–H and O–H groups in total. The first-order valence-corrected chi connectivity index (χ1v) is 17.5. The third-order valence-corrected chi connectivity index (χ3v) is 10.9. The standard InChI is InChI=1S/C45H26N2O2S/c1-2-13-31(14-3-1)47(33-17-19-34-37-21-27-9-4-7-12-30(27)24-42(37)50-43(34)26-33)32-18-20-35-40(25-32)48-39-16-8-15-36(44(35)39)45-46-38-22-28-10-5-6-11-29(28)23-41(38)49-45/h1-26H. The highest BCUT2D eigenvalue weighted by molar-refractivity contribution is 7.25. The smallest absolute Gasteiger partial charge is 0.228 e. The molecule has 0 amide bonds. The number of aromatic nitrogens is 1. The maximum atomic E-state index is 6.57. The molecule has 0 unspecified atom stereocenters. The molecule has 8 aromatic carbocycles. The topological polar surface area (TPSA) is 42.4 Å². The van der Waals surface area contributed by atoms with Crippen LogP contribution in [0.25, 0.3) is 86.2 Å². The van der Waals surface area contributed by atoms with Gasteiger partial charge in [0.15, 0.2) is 5.58 Å². The number of rotatable bonds is 4. The van der Waals surface area contributed by atoms with Crippen molar-refractivity contribution in [3.05, 3.63) is 158 Å². The van der Waals surface area contributed by atoms with E-state index in [2.05, 4.69) is 138 Å². The van der Waals surface area contributed by atoms with Crippen molar-refractivity contribution in [1.29, 1.82) is 0 Å². The van der Waals surface area contributed by atoms with E-state index in [9.17, 15) is 0 Å². The van der Waals surface area contributed by atoms with Crippen LogP contribution < -0.4 is 4.90 Å². The van der Waals surface area contributed by atoms with E-state index in [1.54, 1.807) is 0 Å². The van der Waals surface area contributed by atoms with Crippen LogP contribution in [0.2, 0.25) is 0 Å². The second kappa shape index (κ2) is 10.5. The van der Waals surface area contributed by atoms with Gasteiger partial charge >= 0.3 is 0 Å². The van der Waals surface area contributed by atoms with Gasteiger partial charge < -0.3 is 13.7 Å². The van der Waals surface area contributed by atoms with E-state index in [-0.39, 0.29) is 0 Å². The first-order chi connectivity index (χ1) is 24.7. The van der Waals surface area contributed by atoms with Gasteiger partial charge in [-0.1, -0.05) is 78.9 Å². The van der Waals surface area contributed by atoms with Crippen molar-refractivity contribution in [2.24, 2.45) is 0 Å². The van der Waals surface area contributed by atoms with Crippen LogP contribution >= 0.6 is 11.3 Å². The Balaban J connectivity index is 1.06. The fourth-order valence-electron chi connectivity index (χ4n) is 7.47. The Morgan fingerprint density at radius 3 is 1.94 bits per heavy atom. The van der Waals surface area contributed by atoms with Crippen LogP contribution in [-0.4, -0.2) is 4.98 Å². The van der Waals surface area contributed by atoms with Gasteiger partial charge in [0.05, 0.1) is 0 Å². The first kappa shape index (κ1) is 27.5. The van der Waals surface area contributed by atoms with Crippen molar-refractivity contribution in [2.45, 2.75) is 0 Å². The van der Waals surface area contributed by atoms with Gasteiger partial charge in [-0.2, -0.15) is 0 Å². The zero-order valence-corrected chi connectivity index (χ0v) is 27.4. The Morgan fingerprint density at radius 1 is 0.440 bits per heavy atom. The minimum atomic E-state index is 0.586. The molecule has 3 heterocycles. The number of fused-ring (bicyclic) bond motifs is 9. The SMILES string of the molecule is c1ccc(N(c2ccc3c(c2)oc2cccc(-c4nc5cc6ccccc6cc5o4)c23)c2ccc3c(c2)sc2cc4ccccc4cc23)cc1. The highest BCUT2D eigenvalue weighted by atomic mass is 32.1. The van der Waals surface area contributed by atoms with Gasteiger partial charge in [-0.15, -0.1) is 11.3 Å². The molecule has 0 bridgehead atoms. The number of nitrogens with zero attached hydrogens (tertiary/aromatic N) is 2. The van der Waals surface area contributed by atoms with Crippen LogP contribution in [0, 0.1) is 0 Å². The summed E-state index contributed by atoms with van der Waals surface area (Å²) >= 11 is 1.85. The molecule has 0 saturated heterocycles. The van der Waals surface area contributed by atoms with Crippen molar-refractivity contribution in [3.8, 4) is 11.5 Å². The predicted octanol–water partition coefficient (Wildman–Crippen LogP) is 13.5. The van der Waals surface area contributed by atoms with E-state index >= 15 is 0 Å². The summed E-state index contributed by atoms with van der Waals surface area (Å²) in [6.45, 7) is 0. The molecule has 50 heavy (non-hydrogen) atoms. The van der Waals surface area contributed by atoms with Gasteiger partial charge in [-0.3, -0.25) is 0 Å². The average Bonchev–Trinajstić information content (AvgIpc) is 3.85. The third kappa shape index (κ3) is 4.20. The summed E-state index contributed by atoms with van der Waals surface area (Å²) in [4.78, 5) is 7.24. The lowest BCUT2D eigenvalue weighted by Crippen LogP contribution is -2.09. The van der Waals surface area contributed by atoms with Gasteiger partial charge in [0, 0.05) is 59.6 Å². The monoisotopic (exact) mass is 658 g/mol. The molecule has 0 aliphatic rings. The summed E-state index contributed by atoms with van der Waals surface area (Å²) in [5.74, 6) is 0.586. The quantitative estimate of drug-likeness (QED) is 0.189. The van der Waals surface area contributed by atoms with Crippen LogP contribution in [0.15, 0.2) is 167 Å². The van der Waals surface area contributed by atoms with Crippen LogP contribution in [0.4, 0.5) is 17.1 Å². The fraction of sp³-hybridized carbons (Fsp3) is 0. The summed E-state index contributed by atoms with van der Waals surface area (Å²) in [6.07, 6.45) is 0. The second-order valence-electron chi connectivity index (χ2n) is 12.8. The van der Waals surface area contributed by atoms with Crippen molar-refractivity contribution in [1.82, 2.24) is 4.98 Å². The van der Waals surface area contributed by atoms with E-state index < -0.39 is 0 Å². The highest BCUT2D eigenvalue weighted by Gasteiger charge is 2.20. The summed E-state index contributed by atoms with van der Waals surface area (Å²) in [5, 5.41) is 9.40. The van der Waals surface area contributed by atoms with Crippen molar-refractivity contribution in [3.63, 3.8) is 0 Å². The lowest BCUT2D eigenvalue weighted by Gasteiger charge is -2.25. The van der Waals surface area contributed by atoms with E-state index in [1.165, 1.54) is 30.9 Å². The largest absolute Gasteiger partial charge is 0.456 e. The molecule has 0 aliphatic heterocycles. The second-order valence-corrected chi connectivity index (χ2v) is 13.9. The molecule has 0 atom stereocenters. The normalized spacial score (nSPS) is 12.0. The molecule has 0 fully saturated rings. The summed E-state index contributed by atoms with van der Waals surface area (Å²) in [7, 11) is 0. The van der Waals surface area contributed by atoms with Gasteiger partial charge in [0.1, 0.15) is 16.7 Å². The van der Waals surface area contributed by atoms with Crippen LogP contribution in [-0.2, 0) is 0 Å². The molecular formula is C45H26N2O2S. The molecule has 0 saturated carbocycles. The van der Waals surface area contributed by atoms with E-state index in [4.69, 9.17) is 13.8 Å². The van der Waals surface area contributed by atoms with Crippen molar-refractivity contribution in [2.75, 3.05) is 4.90 Å². The molecule has 3 aromatic heterocycles. The Bertz CT molecular complexity index is 3060. The fourth-order valence-corrected chi connectivity index (χ4v) is 8.64. The molecule has 11 aromatic rings. The summed E-state index contributed by atoms with van der Waals surface area (Å²) in [5.41, 5.74) is 7.32. The predicted molar refractivity (Wildman–Crippen MR) is 209 cm³/mol. The van der Waals surface area contributed by atoms with Crippen LogP contribution in [0.5, 0.6) is 0 Å². The van der Waals surface area contributed by atoms with Gasteiger partial charge in [0.2, 0.25) is 5.89 Å². The molecule has 234 valence electrons. The Kier molecular flexibility index (Phi) is 5.80. The molecule has 4 nitrogen and oxygen atoms in total. The lowest BCUT2D eigenvalue weighted by molar-refractivity contribution is 0.620. The number of furan rings is 1. The minimum Gasteiger partial charge on any atom is -0.456 e. The average molecular weight is 659 g/mol. The number of anilines is 3. The van der Waals surface area contributed by atoms with Crippen LogP contribution in [0.3, 0.4) is 0 Å². The Labute approximate surface area is 290 Å². The van der Waals surface area contributed by atoms with E-state index in [0.717, 1.165) is 66.4 Å². The Morgan fingerprint density at radius 2 is 1.12 bits per heavy atom. The number of para-hydroxylation sites is 1. The highest BCUT2D eigenvalue weighted by Crippen LogP contribution is 2.44. The lowest BCUT2D eigenvalue weighted by atomic mass is 10.0. The number of thiophene rings is 1. The van der Waals surface area contributed by atoms with Crippen LogP contribution in [0.1, 0.15) is 0 Å². The zero-order chi connectivity index (χ0) is 32.8. The van der Waals surface area contributed by atoms with E-state index in [1.807, 2.05) is 35.6 Å². The molecule has 0 spiro atoms. The van der Waals surface area contributed by atoms with Gasteiger partial charge in [-0.05, 0) is 94.3 Å². The van der Waals surface area contributed by atoms with Gasteiger partial charge in [-0.25, -0.2) is 4.98 Å². The molecule has 0 aliphatic carbocycles. The first-order valence-electron chi connectivity index (χ1n) is 16.7. The minimum absolute atomic E-state index is 0.586. The van der Waals surface area contributed by atoms with Crippen molar-refractivity contribution < 1.29 is 8.83 Å².